The van der Waals surface area contributed by atoms with Crippen molar-refractivity contribution >= 4 is 5.69 Å². The van der Waals surface area contributed by atoms with Crippen LogP contribution in [0.4, 0.5) is 18.9 Å². The van der Waals surface area contributed by atoms with Crippen molar-refractivity contribution in [2.24, 2.45) is 11.8 Å². The standard InChI is InChI=1S/C23H35F3N2/c1-3-4-19-5-7-20(8-6-19)9-10-27-11-13-28(14-12-27)22-16-18(2)15-21(17-22)23(24,25)26/h15-17,19-20H,3-14H2,1-2H3/t19-,20-. The maximum Gasteiger partial charge on any atom is 0.416 e. The molecule has 0 N–H and O–H groups in total. The Labute approximate surface area is 168 Å². The molecule has 2 aliphatic rings. The highest BCUT2D eigenvalue weighted by molar-refractivity contribution is 5.52. The summed E-state index contributed by atoms with van der Waals surface area (Å²) >= 11 is 0. The molecule has 2 fully saturated rings. The van der Waals surface area contributed by atoms with E-state index in [0.29, 0.717) is 11.3 Å². The fourth-order valence-electron chi connectivity index (χ4n) is 4.92. The van der Waals surface area contributed by atoms with Crippen LogP contribution in [0.1, 0.15) is 63.0 Å². The van der Waals surface area contributed by atoms with Crippen LogP contribution >= 0.6 is 0 Å². The zero-order valence-electron chi connectivity index (χ0n) is 17.4. The van der Waals surface area contributed by atoms with Gasteiger partial charge in [-0.25, -0.2) is 0 Å². The maximum atomic E-state index is 13.1. The largest absolute Gasteiger partial charge is 0.416 e. The van der Waals surface area contributed by atoms with Crippen molar-refractivity contribution in [3.8, 4) is 0 Å². The van der Waals surface area contributed by atoms with Gasteiger partial charge in [-0.05, 0) is 55.5 Å². The Morgan fingerprint density at radius 2 is 1.50 bits per heavy atom. The zero-order valence-corrected chi connectivity index (χ0v) is 17.4. The molecule has 0 bridgehead atoms. The van der Waals surface area contributed by atoms with Crippen LogP contribution < -0.4 is 4.90 Å². The normalized spacial score (nSPS) is 24.5. The van der Waals surface area contributed by atoms with Crippen LogP contribution in [0, 0.1) is 18.8 Å². The molecular formula is C23H35F3N2. The van der Waals surface area contributed by atoms with Crippen molar-refractivity contribution in [3.05, 3.63) is 29.3 Å². The minimum atomic E-state index is -4.28. The maximum absolute atomic E-state index is 13.1. The molecule has 1 aromatic carbocycles. The van der Waals surface area contributed by atoms with Crippen LogP contribution in [0.2, 0.25) is 0 Å². The topological polar surface area (TPSA) is 6.48 Å². The smallest absolute Gasteiger partial charge is 0.369 e. The number of benzene rings is 1. The molecule has 0 amide bonds. The Bertz CT molecular complexity index is 613. The van der Waals surface area contributed by atoms with E-state index in [2.05, 4.69) is 16.7 Å². The number of aryl methyl sites for hydroxylation is 1. The predicted octanol–water partition coefficient (Wildman–Crippen LogP) is 6.13. The van der Waals surface area contributed by atoms with E-state index in [4.69, 9.17) is 0 Å². The lowest BCUT2D eigenvalue weighted by Crippen LogP contribution is -2.47. The van der Waals surface area contributed by atoms with E-state index in [-0.39, 0.29) is 0 Å². The van der Waals surface area contributed by atoms with Gasteiger partial charge in [0.1, 0.15) is 0 Å². The SMILES string of the molecule is CCC[C@H]1CC[C@H](CCN2CCN(c3cc(C)cc(C(F)(F)F)c3)CC2)CC1. The third kappa shape index (κ3) is 5.88. The summed E-state index contributed by atoms with van der Waals surface area (Å²) in [6, 6.07) is 4.41. The van der Waals surface area contributed by atoms with Crippen molar-refractivity contribution in [1.29, 1.82) is 0 Å². The molecule has 0 atom stereocenters. The second-order valence-electron chi connectivity index (χ2n) is 8.85. The number of anilines is 1. The molecule has 1 saturated heterocycles. The second kappa shape index (κ2) is 9.51. The summed E-state index contributed by atoms with van der Waals surface area (Å²) in [5.74, 6) is 1.83. The third-order valence-corrected chi connectivity index (χ3v) is 6.64. The van der Waals surface area contributed by atoms with Crippen molar-refractivity contribution in [2.75, 3.05) is 37.6 Å². The number of halogens is 3. The summed E-state index contributed by atoms with van der Waals surface area (Å²) in [5.41, 5.74) is 0.843. The van der Waals surface area contributed by atoms with E-state index < -0.39 is 11.7 Å². The Morgan fingerprint density at radius 1 is 0.893 bits per heavy atom. The van der Waals surface area contributed by atoms with Crippen LogP contribution in [-0.2, 0) is 6.18 Å². The Hall–Kier alpha value is -1.23. The first-order valence-electron chi connectivity index (χ1n) is 11.0. The first-order chi connectivity index (χ1) is 13.3. The highest BCUT2D eigenvalue weighted by Crippen LogP contribution is 2.34. The van der Waals surface area contributed by atoms with E-state index in [0.717, 1.165) is 44.6 Å². The van der Waals surface area contributed by atoms with Gasteiger partial charge in [-0.1, -0.05) is 45.4 Å². The van der Waals surface area contributed by atoms with Crippen molar-refractivity contribution in [1.82, 2.24) is 4.90 Å². The number of piperazine rings is 1. The fourth-order valence-corrected chi connectivity index (χ4v) is 4.92. The third-order valence-electron chi connectivity index (χ3n) is 6.64. The van der Waals surface area contributed by atoms with Crippen molar-refractivity contribution < 1.29 is 13.2 Å². The lowest BCUT2D eigenvalue weighted by Gasteiger charge is -2.37. The van der Waals surface area contributed by atoms with Gasteiger partial charge < -0.3 is 4.90 Å². The van der Waals surface area contributed by atoms with Crippen LogP contribution in [0.5, 0.6) is 0 Å². The van der Waals surface area contributed by atoms with Crippen molar-refractivity contribution in [3.63, 3.8) is 0 Å². The minimum Gasteiger partial charge on any atom is -0.369 e. The first kappa shape index (κ1) is 21.5. The second-order valence-corrected chi connectivity index (χ2v) is 8.85. The van der Waals surface area contributed by atoms with Crippen LogP contribution in [-0.4, -0.2) is 37.6 Å². The molecule has 1 aromatic rings. The quantitative estimate of drug-likeness (QED) is 0.570. The highest BCUT2D eigenvalue weighted by atomic mass is 19.4. The molecule has 158 valence electrons. The van der Waals surface area contributed by atoms with Crippen molar-refractivity contribution in [2.45, 2.75) is 65.0 Å². The molecule has 3 rings (SSSR count). The highest BCUT2D eigenvalue weighted by Gasteiger charge is 2.31. The molecule has 1 aliphatic carbocycles. The molecule has 0 unspecified atom stereocenters. The summed E-state index contributed by atoms with van der Waals surface area (Å²) in [6.45, 7) is 8.67. The average Bonchev–Trinajstić information content (AvgIpc) is 2.67. The first-order valence-corrected chi connectivity index (χ1v) is 11.0. The van der Waals surface area contributed by atoms with Crippen LogP contribution in [0.15, 0.2) is 18.2 Å². The molecule has 1 aliphatic heterocycles. The summed E-state index contributed by atoms with van der Waals surface area (Å²) in [7, 11) is 0. The summed E-state index contributed by atoms with van der Waals surface area (Å²) < 4.78 is 39.3. The van der Waals surface area contributed by atoms with Crippen LogP contribution in [0.25, 0.3) is 0 Å². The Morgan fingerprint density at radius 3 is 2.07 bits per heavy atom. The summed E-state index contributed by atoms with van der Waals surface area (Å²) in [4.78, 5) is 4.60. The predicted molar refractivity (Wildman–Crippen MR) is 110 cm³/mol. The lowest BCUT2D eigenvalue weighted by molar-refractivity contribution is -0.137. The number of hydrogen-bond donors (Lipinski definition) is 0. The van der Waals surface area contributed by atoms with E-state index in [1.54, 1.807) is 6.92 Å². The molecule has 0 spiro atoms. The Balaban J connectivity index is 1.44. The minimum absolute atomic E-state index is 0.538. The van der Waals surface area contributed by atoms with E-state index in [1.165, 1.54) is 57.1 Å². The molecule has 0 radical (unpaired) electrons. The van der Waals surface area contributed by atoms with Gasteiger partial charge in [0.15, 0.2) is 0 Å². The monoisotopic (exact) mass is 396 g/mol. The van der Waals surface area contributed by atoms with E-state index >= 15 is 0 Å². The Kier molecular flexibility index (Phi) is 7.30. The zero-order chi connectivity index (χ0) is 20.1. The molecule has 2 nitrogen and oxygen atoms in total. The van der Waals surface area contributed by atoms with Gasteiger partial charge in [-0.2, -0.15) is 13.2 Å². The van der Waals surface area contributed by atoms with Gasteiger partial charge in [0, 0.05) is 31.9 Å². The number of hydrogen-bond acceptors (Lipinski definition) is 2. The number of alkyl halides is 3. The molecule has 0 aromatic heterocycles. The number of nitrogens with zero attached hydrogens (tertiary/aromatic N) is 2. The molecule has 1 saturated carbocycles. The molecule has 5 heteroatoms. The molecule has 28 heavy (non-hydrogen) atoms. The van der Waals surface area contributed by atoms with Gasteiger partial charge in [0.05, 0.1) is 5.56 Å². The summed E-state index contributed by atoms with van der Waals surface area (Å²) in [5, 5.41) is 0. The molecular weight excluding hydrogens is 361 g/mol. The van der Waals surface area contributed by atoms with Crippen LogP contribution in [0.3, 0.4) is 0 Å². The van der Waals surface area contributed by atoms with Gasteiger partial charge in [0.25, 0.3) is 0 Å². The van der Waals surface area contributed by atoms with Gasteiger partial charge in [-0.3, -0.25) is 4.90 Å². The van der Waals surface area contributed by atoms with E-state index in [1.807, 2.05) is 6.07 Å². The van der Waals surface area contributed by atoms with E-state index in [9.17, 15) is 13.2 Å². The number of rotatable bonds is 6. The van der Waals surface area contributed by atoms with Gasteiger partial charge >= 0.3 is 6.18 Å². The van der Waals surface area contributed by atoms with Gasteiger partial charge in [0.2, 0.25) is 0 Å². The average molecular weight is 397 g/mol. The fraction of sp³-hybridized carbons (Fsp3) is 0.739. The van der Waals surface area contributed by atoms with Gasteiger partial charge in [-0.15, -0.1) is 0 Å². The summed E-state index contributed by atoms with van der Waals surface area (Å²) in [6.07, 6.45) is 5.28. The lowest BCUT2D eigenvalue weighted by atomic mass is 9.79. The molecule has 1 heterocycles.